The summed E-state index contributed by atoms with van der Waals surface area (Å²) in [6.07, 6.45) is 1.58. The summed E-state index contributed by atoms with van der Waals surface area (Å²) < 4.78 is 11.1. The van der Waals surface area contributed by atoms with E-state index in [4.69, 9.17) is 9.47 Å². The van der Waals surface area contributed by atoms with Crippen LogP contribution in [-0.4, -0.2) is 19.2 Å². The van der Waals surface area contributed by atoms with E-state index >= 15 is 0 Å². The van der Waals surface area contributed by atoms with Crippen molar-refractivity contribution in [1.29, 1.82) is 0 Å². The summed E-state index contributed by atoms with van der Waals surface area (Å²) in [6, 6.07) is 21.2. The molecule has 0 heterocycles. The van der Waals surface area contributed by atoms with Gasteiger partial charge >= 0.3 is 0 Å². The number of benzene rings is 3. The van der Waals surface area contributed by atoms with E-state index in [2.05, 4.69) is 41.7 Å². The minimum Gasteiger partial charge on any atom is -0.496 e. The van der Waals surface area contributed by atoms with Gasteiger partial charge in [0.1, 0.15) is 18.1 Å². The molecule has 29 heavy (non-hydrogen) atoms. The average Bonchev–Trinajstić information content (AvgIpc) is 2.73. The zero-order valence-corrected chi connectivity index (χ0v) is 16.8. The van der Waals surface area contributed by atoms with Crippen molar-refractivity contribution < 1.29 is 14.3 Å². The third-order valence-corrected chi connectivity index (χ3v) is 4.37. The highest BCUT2D eigenvalue weighted by molar-refractivity contribution is 5.97. The lowest BCUT2D eigenvalue weighted by molar-refractivity contribution is 0.0952. The smallest absolute Gasteiger partial charge is 0.275 e. The first kappa shape index (κ1) is 20.1. The fraction of sp³-hybridized carbons (Fsp3) is 0.167. The van der Waals surface area contributed by atoms with Gasteiger partial charge in [0.15, 0.2) is 0 Å². The number of hydrogen-bond donors (Lipinski definition) is 1. The molecule has 148 valence electrons. The molecule has 0 aliphatic carbocycles. The number of carbonyl (C=O) groups is 1. The van der Waals surface area contributed by atoms with Gasteiger partial charge in [-0.15, -0.1) is 0 Å². The van der Waals surface area contributed by atoms with E-state index in [1.165, 1.54) is 12.7 Å². The normalized spacial score (nSPS) is 10.7. The molecular formula is C24H24N2O3. The van der Waals surface area contributed by atoms with Crippen molar-refractivity contribution in [1.82, 2.24) is 5.43 Å². The molecule has 0 aliphatic heterocycles. The topological polar surface area (TPSA) is 59.9 Å². The predicted octanol–water partition coefficient (Wildman–Crippen LogP) is 4.65. The number of nitrogens with one attached hydrogen (secondary N) is 1. The molecule has 0 saturated carbocycles. The molecule has 0 spiro atoms. The Labute approximate surface area is 171 Å². The van der Waals surface area contributed by atoms with Crippen LogP contribution in [0.15, 0.2) is 71.8 Å². The van der Waals surface area contributed by atoms with Crippen molar-refractivity contribution in [3.8, 4) is 11.5 Å². The molecule has 1 N–H and O–H groups in total. The quantitative estimate of drug-likeness (QED) is 0.473. The molecule has 3 aromatic carbocycles. The number of hydrazone groups is 1. The first-order chi connectivity index (χ1) is 14.0. The van der Waals surface area contributed by atoms with Gasteiger partial charge in [-0.1, -0.05) is 48.0 Å². The molecule has 0 atom stereocenters. The van der Waals surface area contributed by atoms with Gasteiger partial charge in [-0.2, -0.15) is 5.10 Å². The Morgan fingerprint density at radius 1 is 1.00 bits per heavy atom. The highest BCUT2D eigenvalue weighted by Crippen LogP contribution is 2.19. The molecule has 0 fully saturated rings. The van der Waals surface area contributed by atoms with Gasteiger partial charge < -0.3 is 9.47 Å². The number of hydrogen-bond acceptors (Lipinski definition) is 4. The van der Waals surface area contributed by atoms with Crippen LogP contribution in [0, 0.1) is 13.8 Å². The van der Waals surface area contributed by atoms with Crippen LogP contribution in [-0.2, 0) is 6.61 Å². The van der Waals surface area contributed by atoms with E-state index < -0.39 is 0 Å². The summed E-state index contributed by atoms with van der Waals surface area (Å²) in [4.78, 5) is 12.3. The van der Waals surface area contributed by atoms with Crippen LogP contribution in [0.5, 0.6) is 11.5 Å². The van der Waals surface area contributed by atoms with Gasteiger partial charge in [0.05, 0.1) is 18.9 Å². The molecule has 5 nitrogen and oxygen atoms in total. The van der Waals surface area contributed by atoms with Gasteiger partial charge in [0.2, 0.25) is 0 Å². The monoisotopic (exact) mass is 388 g/mol. The van der Waals surface area contributed by atoms with E-state index in [0.29, 0.717) is 17.9 Å². The second-order valence-electron chi connectivity index (χ2n) is 6.75. The third kappa shape index (κ3) is 5.69. The molecule has 3 rings (SSSR count). The van der Waals surface area contributed by atoms with Crippen LogP contribution in [0.2, 0.25) is 0 Å². The van der Waals surface area contributed by atoms with Crippen molar-refractivity contribution in [2.75, 3.05) is 7.11 Å². The first-order valence-corrected chi connectivity index (χ1v) is 9.31. The molecule has 0 unspecified atom stereocenters. The van der Waals surface area contributed by atoms with Crippen molar-refractivity contribution in [2.24, 2.45) is 5.10 Å². The van der Waals surface area contributed by atoms with Crippen LogP contribution < -0.4 is 14.9 Å². The number of rotatable bonds is 7. The number of amides is 1. The maximum atomic E-state index is 12.3. The lowest BCUT2D eigenvalue weighted by Crippen LogP contribution is -2.18. The minimum absolute atomic E-state index is 0.329. The van der Waals surface area contributed by atoms with Crippen molar-refractivity contribution in [3.05, 3.63) is 94.5 Å². The molecule has 0 radical (unpaired) electrons. The molecule has 5 heteroatoms. The molecule has 0 aliphatic rings. The van der Waals surface area contributed by atoms with Gasteiger partial charge in [-0.05, 0) is 54.8 Å². The molecule has 1 amide bonds. The first-order valence-electron chi connectivity index (χ1n) is 9.31. The molecular weight excluding hydrogens is 364 g/mol. The van der Waals surface area contributed by atoms with E-state index in [0.717, 1.165) is 22.4 Å². The summed E-state index contributed by atoms with van der Waals surface area (Å²) in [5.41, 5.74) is 7.13. The summed E-state index contributed by atoms with van der Waals surface area (Å²) in [7, 11) is 1.54. The average molecular weight is 388 g/mol. The molecule has 0 aromatic heterocycles. The van der Waals surface area contributed by atoms with Gasteiger partial charge in [-0.25, -0.2) is 5.43 Å². The van der Waals surface area contributed by atoms with E-state index in [-0.39, 0.29) is 5.91 Å². The third-order valence-electron chi connectivity index (χ3n) is 4.37. The lowest BCUT2D eigenvalue weighted by Gasteiger charge is -2.08. The second kappa shape index (κ2) is 9.55. The van der Waals surface area contributed by atoms with E-state index in [1.807, 2.05) is 43.3 Å². The van der Waals surface area contributed by atoms with Crippen molar-refractivity contribution in [3.63, 3.8) is 0 Å². The highest BCUT2D eigenvalue weighted by Gasteiger charge is 2.11. The summed E-state index contributed by atoms with van der Waals surface area (Å²) in [5.74, 6) is 0.926. The summed E-state index contributed by atoms with van der Waals surface area (Å²) >= 11 is 0. The fourth-order valence-corrected chi connectivity index (χ4v) is 2.75. The van der Waals surface area contributed by atoms with Crippen molar-refractivity contribution in [2.45, 2.75) is 20.5 Å². The number of carbonyl (C=O) groups excluding carboxylic acids is 1. The van der Waals surface area contributed by atoms with Crippen molar-refractivity contribution >= 4 is 12.1 Å². The lowest BCUT2D eigenvalue weighted by atomic mass is 10.1. The molecule has 0 saturated heterocycles. The number of aryl methyl sites for hydroxylation is 2. The zero-order valence-electron chi connectivity index (χ0n) is 16.8. The Hall–Kier alpha value is -3.60. The minimum atomic E-state index is -0.329. The Morgan fingerprint density at radius 3 is 2.52 bits per heavy atom. The largest absolute Gasteiger partial charge is 0.496 e. The van der Waals surface area contributed by atoms with Gasteiger partial charge in [-0.3, -0.25) is 4.79 Å². The van der Waals surface area contributed by atoms with Gasteiger partial charge in [0.25, 0.3) is 5.91 Å². The molecule has 3 aromatic rings. The standard InChI is InChI=1S/C24H24N2O3/c1-17-7-10-19(11-8-17)16-29-21-6-4-5-20(14-21)15-25-26-24(27)22-12-9-18(2)13-23(22)28-3/h4-15H,16H2,1-3H3,(H,26,27)/b25-15-. The van der Waals surface area contributed by atoms with Crippen LogP contribution >= 0.6 is 0 Å². The maximum Gasteiger partial charge on any atom is 0.275 e. The summed E-state index contributed by atoms with van der Waals surface area (Å²) in [5, 5.41) is 4.05. The number of ether oxygens (including phenoxy) is 2. The Bertz CT molecular complexity index is 1010. The second-order valence-corrected chi connectivity index (χ2v) is 6.75. The van der Waals surface area contributed by atoms with Crippen LogP contribution in [0.25, 0.3) is 0 Å². The predicted molar refractivity (Wildman–Crippen MR) is 115 cm³/mol. The highest BCUT2D eigenvalue weighted by atomic mass is 16.5. The Balaban J connectivity index is 1.60. The number of methoxy groups -OCH3 is 1. The number of nitrogens with zero attached hydrogens (tertiary/aromatic N) is 1. The van der Waals surface area contributed by atoms with E-state index in [9.17, 15) is 4.79 Å². The Kier molecular flexibility index (Phi) is 6.63. The van der Waals surface area contributed by atoms with Crippen LogP contribution in [0.4, 0.5) is 0 Å². The maximum absolute atomic E-state index is 12.3. The summed E-state index contributed by atoms with van der Waals surface area (Å²) in [6.45, 7) is 4.49. The fourth-order valence-electron chi connectivity index (χ4n) is 2.75. The van der Waals surface area contributed by atoms with E-state index in [1.54, 1.807) is 12.3 Å². The van der Waals surface area contributed by atoms with Crippen LogP contribution in [0.3, 0.4) is 0 Å². The SMILES string of the molecule is COc1cc(C)ccc1C(=O)N/N=C\c1cccc(OCc2ccc(C)cc2)c1. The molecule has 0 bridgehead atoms. The Morgan fingerprint density at radius 2 is 1.76 bits per heavy atom. The van der Waals surface area contributed by atoms with Gasteiger partial charge in [0, 0.05) is 0 Å². The van der Waals surface area contributed by atoms with Crippen LogP contribution in [0.1, 0.15) is 32.6 Å². The zero-order chi connectivity index (χ0) is 20.6.